The summed E-state index contributed by atoms with van der Waals surface area (Å²) in [5.41, 5.74) is 0. The van der Waals surface area contributed by atoms with Crippen LogP contribution in [-0.2, 0) is 4.79 Å². The highest BCUT2D eigenvalue weighted by molar-refractivity contribution is 5.66. The molecule has 2 unspecified atom stereocenters. The van der Waals surface area contributed by atoms with E-state index in [4.69, 9.17) is 5.11 Å². The van der Waals surface area contributed by atoms with E-state index >= 15 is 0 Å². The first kappa shape index (κ1) is 21.4. The number of aliphatic carboxylic acids is 1. The van der Waals surface area contributed by atoms with Crippen LogP contribution in [0.5, 0.6) is 0 Å². The number of hydrogen-bond acceptors (Lipinski definition) is 3. The van der Waals surface area contributed by atoms with Crippen molar-refractivity contribution in [1.82, 2.24) is 0 Å². The van der Waals surface area contributed by atoms with Gasteiger partial charge in [0.2, 0.25) is 0 Å². The molecule has 0 saturated carbocycles. The molecular formula is C18H36O4. The van der Waals surface area contributed by atoms with Crippen LogP contribution in [0.25, 0.3) is 0 Å². The fourth-order valence-electron chi connectivity index (χ4n) is 2.67. The molecule has 0 aromatic heterocycles. The normalized spacial score (nSPS) is 14.0. The summed E-state index contributed by atoms with van der Waals surface area (Å²) < 4.78 is 0. The van der Waals surface area contributed by atoms with Crippen LogP contribution < -0.4 is 0 Å². The summed E-state index contributed by atoms with van der Waals surface area (Å²) in [6.07, 6.45) is 12.2. The first-order chi connectivity index (χ1) is 10.6. The zero-order valence-electron chi connectivity index (χ0n) is 14.3. The summed E-state index contributed by atoms with van der Waals surface area (Å²) in [6, 6.07) is 0. The van der Waals surface area contributed by atoms with Gasteiger partial charge in [-0.1, -0.05) is 58.3 Å². The fraction of sp³-hybridized carbons (Fsp3) is 0.944. The standard InChI is InChI=1S/C18H36O4/c1-2-3-4-5-8-11-16(19)14-15-17(20)12-9-6-7-10-13-18(21)22/h16-17,19-20H,2-15H2,1H3,(H,21,22). The van der Waals surface area contributed by atoms with Crippen LogP contribution in [0.3, 0.4) is 0 Å². The summed E-state index contributed by atoms with van der Waals surface area (Å²) in [5.74, 6) is -0.733. The van der Waals surface area contributed by atoms with Gasteiger partial charge in [0.15, 0.2) is 0 Å². The maximum absolute atomic E-state index is 10.4. The van der Waals surface area contributed by atoms with Crippen molar-refractivity contribution >= 4 is 5.97 Å². The SMILES string of the molecule is CCCCCCCC(O)CCC(O)CCCCCCC(=O)O. The minimum Gasteiger partial charge on any atom is -0.481 e. The minimum atomic E-state index is -0.733. The van der Waals surface area contributed by atoms with E-state index in [2.05, 4.69) is 6.92 Å². The number of aliphatic hydroxyl groups is 2. The minimum absolute atomic E-state index is 0.243. The van der Waals surface area contributed by atoms with E-state index in [9.17, 15) is 15.0 Å². The lowest BCUT2D eigenvalue weighted by Crippen LogP contribution is -2.13. The number of rotatable bonds is 16. The van der Waals surface area contributed by atoms with Gasteiger partial charge in [0, 0.05) is 6.42 Å². The molecule has 2 atom stereocenters. The van der Waals surface area contributed by atoms with Crippen LogP contribution in [0.2, 0.25) is 0 Å². The molecule has 0 aliphatic rings. The lowest BCUT2D eigenvalue weighted by Gasteiger charge is -2.14. The van der Waals surface area contributed by atoms with Crippen molar-refractivity contribution in [2.24, 2.45) is 0 Å². The first-order valence-corrected chi connectivity index (χ1v) is 9.14. The zero-order chi connectivity index (χ0) is 16.6. The highest BCUT2D eigenvalue weighted by Gasteiger charge is 2.09. The second kappa shape index (κ2) is 15.3. The van der Waals surface area contributed by atoms with E-state index in [1.165, 1.54) is 25.7 Å². The Balaban J connectivity index is 3.36. The molecule has 0 aromatic rings. The van der Waals surface area contributed by atoms with Gasteiger partial charge in [-0.3, -0.25) is 4.79 Å². The number of carboxylic acids is 1. The molecule has 0 aromatic carbocycles. The second-order valence-electron chi connectivity index (χ2n) is 6.43. The van der Waals surface area contributed by atoms with Crippen molar-refractivity contribution in [1.29, 1.82) is 0 Å². The van der Waals surface area contributed by atoms with Crippen molar-refractivity contribution in [3.8, 4) is 0 Å². The lowest BCUT2D eigenvalue weighted by molar-refractivity contribution is -0.137. The summed E-state index contributed by atoms with van der Waals surface area (Å²) in [6.45, 7) is 2.20. The smallest absolute Gasteiger partial charge is 0.303 e. The predicted molar refractivity (Wildman–Crippen MR) is 90.0 cm³/mol. The van der Waals surface area contributed by atoms with E-state index in [1.54, 1.807) is 0 Å². The van der Waals surface area contributed by atoms with Gasteiger partial charge in [0.05, 0.1) is 12.2 Å². The Morgan fingerprint density at radius 2 is 1.18 bits per heavy atom. The zero-order valence-corrected chi connectivity index (χ0v) is 14.3. The maximum Gasteiger partial charge on any atom is 0.303 e. The van der Waals surface area contributed by atoms with Gasteiger partial charge in [0.1, 0.15) is 0 Å². The third-order valence-electron chi connectivity index (χ3n) is 4.15. The summed E-state index contributed by atoms with van der Waals surface area (Å²) in [5, 5.41) is 28.3. The van der Waals surface area contributed by atoms with Gasteiger partial charge >= 0.3 is 5.97 Å². The summed E-state index contributed by atoms with van der Waals surface area (Å²) in [4.78, 5) is 10.4. The topological polar surface area (TPSA) is 77.8 Å². The molecule has 0 spiro atoms. The molecule has 0 aliphatic heterocycles. The largest absolute Gasteiger partial charge is 0.481 e. The number of hydrogen-bond donors (Lipinski definition) is 3. The average molecular weight is 316 g/mol. The van der Waals surface area contributed by atoms with E-state index < -0.39 is 5.97 Å². The maximum atomic E-state index is 10.4. The Morgan fingerprint density at radius 1 is 0.727 bits per heavy atom. The van der Waals surface area contributed by atoms with Crippen molar-refractivity contribution < 1.29 is 20.1 Å². The number of carbonyl (C=O) groups is 1. The molecule has 132 valence electrons. The van der Waals surface area contributed by atoms with Gasteiger partial charge in [-0.15, -0.1) is 0 Å². The van der Waals surface area contributed by atoms with Crippen LogP contribution >= 0.6 is 0 Å². The molecule has 0 rings (SSSR count). The molecule has 0 fully saturated rings. The molecular weight excluding hydrogens is 280 g/mol. The van der Waals surface area contributed by atoms with Gasteiger partial charge in [-0.2, -0.15) is 0 Å². The molecule has 3 N–H and O–H groups in total. The van der Waals surface area contributed by atoms with E-state index in [-0.39, 0.29) is 18.6 Å². The number of aliphatic hydroxyl groups excluding tert-OH is 2. The molecule has 0 heterocycles. The third kappa shape index (κ3) is 15.8. The van der Waals surface area contributed by atoms with E-state index in [1.807, 2.05) is 0 Å². The van der Waals surface area contributed by atoms with Gasteiger partial charge < -0.3 is 15.3 Å². The van der Waals surface area contributed by atoms with Crippen LogP contribution in [0.4, 0.5) is 0 Å². The van der Waals surface area contributed by atoms with Crippen LogP contribution in [0.1, 0.15) is 96.8 Å². The lowest BCUT2D eigenvalue weighted by atomic mass is 10.0. The Morgan fingerprint density at radius 3 is 1.64 bits per heavy atom. The third-order valence-corrected chi connectivity index (χ3v) is 4.15. The molecule has 4 heteroatoms. The monoisotopic (exact) mass is 316 g/mol. The molecule has 0 bridgehead atoms. The number of carboxylic acid groups (broad SMARTS) is 1. The molecule has 0 aliphatic carbocycles. The van der Waals surface area contributed by atoms with Crippen molar-refractivity contribution in [2.75, 3.05) is 0 Å². The van der Waals surface area contributed by atoms with Crippen LogP contribution in [0, 0.1) is 0 Å². The molecule has 0 saturated heterocycles. The van der Waals surface area contributed by atoms with Crippen molar-refractivity contribution in [3.63, 3.8) is 0 Å². The quantitative estimate of drug-likeness (QED) is 0.371. The Hall–Kier alpha value is -0.610. The second-order valence-corrected chi connectivity index (χ2v) is 6.43. The van der Waals surface area contributed by atoms with E-state index in [0.717, 1.165) is 44.9 Å². The molecule has 22 heavy (non-hydrogen) atoms. The summed E-state index contributed by atoms with van der Waals surface area (Å²) >= 11 is 0. The Labute approximate surface area is 135 Å². The van der Waals surface area contributed by atoms with Crippen molar-refractivity contribution in [2.45, 2.75) is 109 Å². The number of unbranched alkanes of at least 4 members (excludes halogenated alkanes) is 7. The van der Waals surface area contributed by atoms with E-state index in [0.29, 0.717) is 12.8 Å². The highest BCUT2D eigenvalue weighted by Crippen LogP contribution is 2.14. The van der Waals surface area contributed by atoms with Crippen molar-refractivity contribution in [3.05, 3.63) is 0 Å². The van der Waals surface area contributed by atoms with Gasteiger partial charge in [-0.25, -0.2) is 0 Å². The Bertz CT molecular complexity index is 255. The summed E-state index contributed by atoms with van der Waals surface area (Å²) in [7, 11) is 0. The molecule has 0 amide bonds. The highest BCUT2D eigenvalue weighted by atomic mass is 16.4. The van der Waals surface area contributed by atoms with Gasteiger partial charge in [0.25, 0.3) is 0 Å². The van der Waals surface area contributed by atoms with Crippen LogP contribution in [-0.4, -0.2) is 33.5 Å². The van der Waals surface area contributed by atoms with Crippen LogP contribution in [0.15, 0.2) is 0 Å². The fourth-order valence-corrected chi connectivity index (χ4v) is 2.67. The van der Waals surface area contributed by atoms with Gasteiger partial charge in [-0.05, 0) is 32.1 Å². The molecule has 0 radical (unpaired) electrons. The molecule has 4 nitrogen and oxygen atoms in total. The first-order valence-electron chi connectivity index (χ1n) is 9.14. The predicted octanol–water partition coefficient (Wildman–Crippen LogP) is 4.27. The average Bonchev–Trinajstić information content (AvgIpc) is 2.48. The Kier molecular flexibility index (Phi) is 14.9.